The second-order valence-corrected chi connectivity index (χ2v) is 5.45. The molecule has 0 spiro atoms. The number of rotatable bonds is 2. The Morgan fingerprint density at radius 2 is 2.05 bits per heavy atom. The van der Waals surface area contributed by atoms with Crippen LogP contribution >= 0.6 is 15.9 Å². The number of nitrogens with zero attached hydrogens (tertiary/aromatic N) is 1. The summed E-state index contributed by atoms with van der Waals surface area (Å²) in [5.74, 6) is 0.961. The molecule has 0 unspecified atom stereocenters. The molecule has 19 heavy (non-hydrogen) atoms. The molecule has 98 valence electrons. The molecule has 0 aromatic heterocycles. The summed E-state index contributed by atoms with van der Waals surface area (Å²) in [5.41, 5.74) is 8.98. The van der Waals surface area contributed by atoms with Gasteiger partial charge in [0.05, 0.1) is 12.2 Å². The van der Waals surface area contributed by atoms with Gasteiger partial charge in [0.25, 0.3) is 0 Å². The van der Waals surface area contributed by atoms with Crippen molar-refractivity contribution >= 4 is 27.3 Å². The van der Waals surface area contributed by atoms with Crippen molar-refractivity contribution in [1.29, 1.82) is 0 Å². The van der Waals surface area contributed by atoms with Gasteiger partial charge in [-0.25, -0.2) is 0 Å². The smallest absolute Gasteiger partial charge is 0.142 e. The highest BCUT2D eigenvalue weighted by molar-refractivity contribution is 9.10. The normalized spacial score (nSPS) is 13.8. The molecule has 0 aliphatic carbocycles. The van der Waals surface area contributed by atoms with Crippen molar-refractivity contribution < 1.29 is 4.74 Å². The van der Waals surface area contributed by atoms with Crippen LogP contribution in [0.1, 0.15) is 5.56 Å². The van der Waals surface area contributed by atoms with E-state index in [1.54, 1.807) is 0 Å². The average Bonchev–Trinajstić information content (AvgIpc) is 2.43. The molecule has 0 radical (unpaired) electrons. The molecule has 4 heteroatoms. The van der Waals surface area contributed by atoms with E-state index in [9.17, 15) is 0 Å². The molecular weight excluding hydrogens is 304 g/mol. The summed E-state index contributed by atoms with van der Waals surface area (Å²) >= 11 is 3.47. The largest absolute Gasteiger partial charge is 0.490 e. The molecule has 2 N–H and O–H groups in total. The molecule has 0 bridgehead atoms. The molecule has 2 aromatic rings. The number of hydrogen-bond donors (Lipinski definition) is 1. The standard InChI is InChI=1S/C15H15BrN2O/c16-12-9-11(5-6-13(12)17)10-18-7-8-19-15-4-2-1-3-14(15)18/h1-6,9H,7-8,10,17H2. The van der Waals surface area contributed by atoms with E-state index in [0.29, 0.717) is 0 Å². The third-order valence-electron chi connectivity index (χ3n) is 3.26. The van der Waals surface area contributed by atoms with Crippen LogP contribution in [0.3, 0.4) is 0 Å². The predicted octanol–water partition coefficient (Wildman–Crippen LogP) is 3.43. The maximum atomic E-state index is 5.82. The molecule has 1 heterocycles. The Morgan fingerprint density at radius 3 is 2.89 bits per heavy atom. The van der Waals surface area contributed by atoms with Crippen molar-refractivity contribution in [2.24, 2.45) is 0 Å². The number of benzene rings is 2. The summed E-state index contributed by atoms with van der Waals surface area (Å²) in [6.45, 7) is 2.49. The number of anilines is 2. The van der Waals surface area contributed by atoms with E-state index in [4.69, 9.17) is 10.5 Å². The predicted molar refractivity (Wildman–Crippen MR) is 81.5 cm³/mol. The molecular formula is C15H15BrN2O. The first kappa shape index (κ1) is 12.4. The highest BCUT2D eigenvalue weighted by atomic mass is 79.9. The lowest BCUT2D eigenvalue weighted by Crippen LogP contribution is -2.32. The summed E-state index contributed by atoms with van der Waals surface area (Å²) in [6.07, 6.45) is 0. The van der Waals surface area contributed by atoms with Crippen LogP contribution in [0.4, 0.5) is 11.4 Å². The van der Waals surface area contributed by atoms with Gasteiger partial charge in [0.1, 0.15) is 12.4 Å². The molecule has 0 saturated carbocycles. The SMILES string of the molecule is Nc1ccc(CN2CCOc3ccccc32)cc1Br. The lowest BCUT2D eigenvalue weighted by molar-refractivity contribution is 0.307. The van der Waals surface area contributed by atoms with E-state index >= 15 is 0 Å². The summed E-state index contributed by atoms with van der Waals surface area (Å²) in [6, 6.07) is 14.2. The fourth-order valence-electron chi connectivity index (χ4n) is 2.28. The van der Waals surface area contributed by atoms with Gasteiger partial charge in [-0.15, -0.1) is 0 Å². The monoisotopic (exact) mass is 318 g/mol. The van der Waals surface area contributed by atoms with Gasteiger partial charge in [-0.05, 0) is 45.8 Å². The minimum absolute atomic E-state index is 0.729. The van der Waals surface area contributed by atoms with E-state index in [2.05, 4.69) is 39.0 Å². The third kappa shape index (κ3) is 2.54. The lowest BCUT2D eigenvalue weighted by atomic mass is 10.1. The first-order chi connectivity index (χ1) is 9.24. The summed E-state index contributed by atoms with van der Waals surface area (Å²) in [5, 5.41) is 0. The Kier molecular flexibility index (Phi) is 3.34. The van der Waals surface area contributed by atoms with E-state index in [1.807, 2.05) is 24.3 Å². The van der Waals surface area contributed by atoms with Crippen molar-refractivity contribution in [3.05, 3.63) is 52.5 Å². The minimum atomic E-state index is 0.729. The van der Waals surface area contributed by atoms with Gasteiger partial charge in [0.15, 0.2) is 0 Å². The summed E-state index contributed by atoms with van der Waals surface area (Å²) in [7, 11) is 0. The number of nitrogen functional groups attached to an aromatic ring is 1. The highest BCUT2D eigenvalue weighted by Gasteiger charge is 2.17. The van der Waals surface area contributed by atoms with Crippen LogP contribution in [0.25, 0.3) is 0 Å². The van der Waals surface area contributed by atoms with Crippen molar-refractivity contribution in [2.45, 2.75) is 6.54 Å². The van der Waals surface area contributed by atoms with Gasteiger partial charge < -0.3 is 15.4 Å². The van der Waals surface area contributed by atoms with Crippen molar-refractivity contribution in [3.8, 4) is 5.75 Å². The zero-order valence-electron chi connectivity index (χ0n) is 10.5. The first-order valence-electron chi connectivity index (χ1n) is 6.25. The molecule has 0 saturated heterocycles. The van der Waals surface area contributed by atoms with Gasteiger partial charge in [0.2, 0.25) is 0 Å². The summed E-state index contributed by atoms with van der Waals surface area (Å²) < 4.78 is 6.61. The Labute approximate surface area is 121 Å². The molecule has 0 atom stereocenters. The van der Waals surface area contributed by atoms with Gasteiger partial charge in [-0.3, -0.25) is 0 Å². The van der Waals surface area contributed by atoms with E-state index in [-0.39, 0.29) is 0 Å². The molecule has 3 rings (SSSR count). The zero-order chi connectivity index (χ0) is 13.2. The van der Waals surface area contributed by atoms with Crippen molar-refractivity contribution in [2.75, 3.05) is 23.8 Å². The zero-order valence-corrected chi connectivity index (χ0v) is 12.1. The molecule has 1 aliphatic rings. The Hall–Kier alpha value is -1.68. The molecule has 1 aliphatic heterocycles. The number of fused-ring (bicyclic) bond motifs is 1. The number of para-hydroxylation sites is 2. The molecule has 3 nitrogen and oxygen atoms in total. The number of halogens is 1. The van der Waals surface area contributed by atoms with E-state index < -0.39 is 0 Å². The van der Waals surface area contributed by atoms with Crippen molar-refractivity contribution in [3.63, 3.8) is 0 Å². The quantitative estimate of drug-likeness (QED) is 0.862. The van der Waals surface area contributed by atoms with Crippen LogP contribution in [0.2, 0.25) is 0 Å². The van der Waals surface area contributed by atoms with Crippen molar-refractivity contribution in [1.82, 2.24) is 0 Å². The molecule has 2 aromatic carbocycles. The van der Waals surface area contributed by atoms with Gasteiger partial charge in [-0.2, -0.15) is 0 Å². The Balaban J connectivity index is 1.86. The number of nitrogens with two attached hydrogens (primary N) is 1. The minimum Gasteiger partial charge on any atom is -0.490 e. The van der Waals surface area contributed by atoms with Crippen LogP contribution < -0.4 is 15.4 Å². The number of hydrogen-bond acceptors (Lipinski definition) is 3. The second-order valence-electron chi connectivity index (χ2n) is 4.59. The number of ether oxygens (including phenoxy) is 1. The first-order valence-corrected chi connectivity index (χ1v) is 7.04. The second kappa shape index (κ2) is 5.13. The summed E-state index contributed by atoms with van der Waals surface area (Å²) in [4.78, 5) is 2.33. The Bertz CT molecular complexity index is 600. The van der Waals surface area contributed by atoms with Crippen LogP contribution in [0.15, 0.2) is 46.9 Å². The average molecular weight is 319 g/mol. The van der Waals surface area contributed by atoms with E-state index in [1.165, 1.54) is 5.56 Å². The fraction of sp³-hybridized carbons (Fsp3) is 0.200. The van der Waals surface area contributed by atoms with Gasteiger partial charge in [0, 0.05) is 16.7 Å². The van der Waals surface area contributed by atoms with E-state index in [0.717, 1.165) is 41.3 Å². The highest BCUT2D eigenvalue weighted by Crippen LogP contribution is 2.32. The molecule has 0 amide bonds. The van der Waals surface area contributed by atoms with Crippen LogP contribution in [-0.4, -0.2) is 13.2 Å². The van der Waals surface area contributed by atoms with Crippen LogP contribution in [0, 0.1) is 0 Å². The van der Waals surface area contributed by atoms with Crippen LogP contribution in [-0.2, 0) is 6.54 Å². The Morgan fingerprint density at radius 1 is 1.21 bits per heavy atom. The van der Waals surface area contributed by atoms with Crippen LogP contribution in [0.5, 0.6) is 5.75 Å². The lowest BCUT2D eigenvalue weighted by Gasteiger charge is -2.31. The molecule has 0 fully saturated rings. The maximum Gasteiger partial charge on any atom is 0.142 e. The van der Waals surface area contributed by atoms with Gasteiger partial charge >= 0.3 is 0 Å². The fourth-order valence-corrected chi connectivity index (χ4v) is 2.71. The topological polar surface area (TPSA) is 38.5 Å². The maximum absolute atomic E-state index is 5.82. The van der Waals surface area contributed by atoms with Gasteiger partial charge in [-0.1, -0.05) is 18.2 Å². The third-order valence-corrected chi connectivity index (χ3v) is 3.95.